The van der Waals surface area contributed by atoms with Crippen molar-refractivity contribution in [2.75, 3.05) is 11.1 Å². The SMILES string of the molecule is C[C@@H](NC(=O)CSc1nnc(Nc2ccccc2)s1)c1ccc(Cl)cc1. The number of hydrogen-bond donors (Lipinski definition) is 2. The van der Waals surface area contributed by atoms with Gasteiger partial charge < -0.3 is 10.6 Å². The monoisotopic (exact) mass is 404 g/mol. The molecule has 26 heavy (non-hydrogen) atoms. The molecule has 5 nitrogen and oxygen atoms in total. The molecule has 0 radical (unpaired) electrons. The van der Waals surface area contributed by atoms with Crippen LogP contribution in [0.25, 0.3) is 0 Å². The fourth-order valence-corrected chi connectivity index (χ4v) is 3.92. The minimum absolute atomic E-state index is 0.0507. The average molecular weight is 405 g/mol. The van der Waals surface area contributed by atoms with Crippen molar-refractivity contribution in [1.82, 2.24) is 15.5 Å². The van der Waals surface area contributed by atoms with Crippen LogP contribution in [0.3, 0.4) is 0 Å². The maximum atomic E-state index is 12.1. The van der Waals surface area contributed by atoms with Gasteiger partial charge in [0.05, 0.1) is 11.8 Å². The van der Waals surface area contributed by atoms with Crippen LogP contribution in [0.4, 0.5) is 10.8 Å². The summed E-state index contributed by atoms with van der Waals surface area (Å²) in [7, 11) is 0. The van der Waals surface area contributed by atoms with E-state index in [-0.39, 0.29) is 17.7 Å². The van der Waals surface area contributed by atoms with Gasteiger partial charge in [-0.2, -0.15) is 0 Å². The lowest BCUT2D eigenvalue weighted by Gasteiger charge is -2.13. The molecule has 1 atom stereocenters. The van der Waals surface area contributed by atoms with E-state index in [0.717, 1.165) is 15.6 Å². The van der Waals surface area contributed by atoms with Crippen LogP contribution in [-0.2, 0) is 4.79 Å². The highest BCUT2D eigenvalue weighted by Crippen LogP contribution is 2.27. The highest BCUT2D eigenvalue weighted by atomic mass is 35.5. The molecule has 0 bridgehead atoms. The average Bonchev–Trinajstić information content (AvgIpc) is 3.09. The molecule has 2 N–H and O–H groups in total. The van der Waals surface area contributed by atoms with Crippen LogP contribution in [0.2, 0.25) is 5.02 Å². The van der Waals surface area contributed by atoms with Gasteiger partial charge in [-0.3, -0.25) is 4.79 Å². The number of nitrogens with zero attached hydrogens (tertiary/aromatic N) is 2. The molecule has 1 amide bonds. The minimum atomic E-state index is -0.0786. The zero-order valence-corrected chi connectivity index (χ0v) is 16.4. The highest BCUT2D eigenvalue weighted by molar-refractivity contribution is 8.01. The van der Waals surface area contributed by atoms with Crippen LogP contribution in [0.5, 0.6) is 0 Å². The van der Waals surface area contributed by atoms with Gasteiger partial charge in [0, 0.05) is 10.7 Å². The second-order valence-corrected chi connectivity index (χ2v) is 8.13. The first-order chi connectivity index (χ1) is 12.6. The van der Waals surface area contributed by atoms with E-state index >= 15 is 0 Å². The van der Waals surface area contributed by atoms with Gasteiger partial charge in [-0.1, -0.05) is 65.0 Å². The molecular weight excluding hydrogens is 388 g/mol. The summed E-state index contributed by atoms with van der Waals surface area (Å²) in [5.74, 6) is 0.239. The molecule has 0 saturated carbocycles. The molecule has 0 unspecified atom stereocenters. The van der Waals surface area contributed by atoms with Gasteiger partial charge in [0.2, 0.25) is 11.0 Å². The summed E-state index contributed by atoms with van der Waals surface area (Å²) in [6.45, 7) is 1.94. The first-order valence-electron chi connectivity index (χ1n) is 7.93. The maximum absolute atomic E-state index is 12.1. The van der Waals surface area contributed by atoms with Crippen molar-refractivity contribution in [2.45, 2.75) is 17.3 Å². The van der Waals surface area contributed by atoms with Gasteiger partial charge >= 0.3 is 0 Å². The number of halogens is 1. The summed E-state index contributed by atoms with van der Waals surface area (Å²) in [4.78, 5) is 12.1. The maximum Gasteiger partial charge on any atom is 0.230 e. The summed E-state index contributed by atoms with van der Waals surface area (Å²) in [5.41, 5.74) is 1.97. The van der Waals surface area contributed by atoms with Crippen LogP contribution in [0.1, 0.15) is 18.5 Å². The molecule has 0 fully saturated rings. The molecule has 2 aromatic carbocycles. The number of carbonyl (C=O) groups excluding carboxylic acids is 1. The third-order valence-corrected chi connectivity index (χ3v) is 5.73. The fraction of sp³-hybridized carbons (Fsp3) is 0.167. The Balaban J connectivity index is 1.48. The van der Waals surface area contributed by atoms with Crippen LogP contribution in [-0.4, -0.2) is 21.9 Å². The first kappa shape index (κ1) is 18.7. The second-order valence-electron chi connectivity index (χ2n) is 5.49. The van der Waals surface area contributed by atoms with Crippen molar-refractivity contribution in [1.29, 1.82) is 0 Å². The summed E-state index contributed by atoms with van der Waals surface area (Å²) >= 11 is 8.68. The summed E-state index contributed by atoms with van der Waals surface area (Å²) in [6, 6.07) is 17.1. The van der Waals surface area contributed by atoms with Crippen molar-refractivity contribution in [2.24, 2.45) is 0 Å². The highest BCUT2D eigenvalue weighted by Gasteiger charge is 2.12. The molecule has 1 aromatic heterocycles. The van der Waals surface area contributed by atoms with E-state index in [9.17, 15) is 4.79 Å². The van der Waals surface area contributed by atoms with Gasteiger partial charge in [0.1, 0.15) is 0 Å². The smallest absolute Gasteiger partial charge is 0.230 e. The van der Waals surface area contributed by atoms with Crippen LogP contribution >= 0.6 is 34.7 Å². The number of rotatable bonds is 7. The first-order valence-corrected chi connectivity index (χ1v) is 10.1. The Morgan fingerprint density at radius 1 is 1.15 bits per heavy atom. The number of aromatic nitrogens is 2. The van der Waals surface area contributed by atoms with Crippen molar-refractivity contribution in [3.63, 3.8) is 0 Å². The van der Waals surface area contributed by atoms with Gasteiger partial charge in [-0.15, -0.1) is 10.2 Å². The Labute approximate surface area is 165 Å². The zero-order valence-electron chi connectivity index (χ0n) is 14.0. The van der Waals surface area contributed by atoms with Crippen molar-refractivity contribution in [3.05, 3.63) is 65.2 Å². The van der Waals surface area contributed by atoms with Crippen LogP contribution in [0, 0.1) is 0 Å². The third-order valence-electron chi connectivity index (χ3n) is 3.51. The van der Waals surface area contributed by atoms with Gasteiger partial charge in [-0.05, 0) is 36.8 Å². The van der Waals surface area contributed by atoms with Gasteiger partial charge in [0.25, 0.3) is 0 Å². The summed E-state index contributed by atoms with van der Waals surface area (Å²) in [5, 5.41) is 15.7. The molecule has 134 valence electrons. The normalized spacial score (nSPS) is 11.8. The van der Waals surface area contributed by atoms with Crippen molar-refractivity contribution in [3.8, 4) is 0 Å². The predicted octanol–water partition coefficient (Wildman–Crippen LogP) is 4.90. The van der Waals surface area contributed by atoms with E-state index < -0.39 is 0 Å². The van der Waals surface area contributed by atoms with E-state index in [1.807, 2.05) is 61.5 Å². The third kappa shape index (κ3) is 5.45. The lowest BCUT2D eigenvalue weighted by atomic mass is 10.1. The van der Waals surface area contributed by atoms with Crippen molar-refractivity contribution < 1.29 is 4.79 Å². The molecule has 0 aliphatic carbocycles. The van der Waals surface area contributed by atoms with Gasteiger partial charge in [0.15, 0.2) is 4.34 Å². The molecule has 0 aliphatic heterocycles. The Hall–Kier alpha value is -2.09. The molecule has 8 heteroatoms. The standard InChI is InChI=1S/C18H17ClN4OS2/c1-12(13-7-9-14(19)10-8-13)20-16(24)11-25-18-23-22-17(26-18)21-15-5-3-2-4-6-15/h2-10,12H,11H2,1H3,(H,20,24)(H,21,22)/t12-/m1/s1. The Kier molecular flexibility index (Phi) is 6.49. The van der Waals surface area contributed by atoms with E-state index in [4.69, 9.17) is 11.6 Å². The number of carbonyl (C=O) groups is 1. The fourth-order valence-electron chi connectivity index (χ4n) is 2.21. The molecule has 0 aliphatic rings. The van der Waals surface area contributed by atoms with Crippen LogP contribution < -0.4 is 10.6 Å². The number of amides is 1. The molecule has 1 heterocycles. The summed E-state index contributed by atoms with van der Waals surface area (Å²) < 4.78 is 0.748. The Morgan fingerprint density at radius 3 is 2.62 bits per heavy atom. The number of hydrogen-bond acceptors (Lipinski definition) is 6. The molecular formula is C18H17ClN4OS2. The largest absolute Gasteiger partial charge is 0.349 e. The van der Waals surface area contributed by atoms with Crippen molar-refractivity contribution >= 4 is 51.4 Å². The number of anilines is 2. The number of benzene rings is 2. The Bertz CT molecular complexity index is 855. The zero-order chi connectivity index (χ0) is 18.4. The van der Waals surface area contributed by atoms with E-state index in [1.165, 1.54) is 23.1 Å². The van der Waals surface area contributed by atoms with E-state index in [1.54, 1.807) is 0 Å². The molecule has 0 spiro atoms. The molecule has 3 rings (SSSR count). The second kappa shape index (κ2) is 9.02. The van der Waals surface area contributed by atoms with E-state index in [2.05, 4.69) is 20.8 Å². The number of para-hydroxylation sites is 1. The minimum Gasteiger partial charge on any atom is -0.349 e. The Morgan fingerprint density at radius 2 is 1.88 bits per heavy atom. The predicted molar refractivity (Wildman–Crippen MR) is 108 cm³/mol. The molecule has 0 saturated heterocycles. The molecule has 3 aromatic rings. The quantitative estimate of drug-likeness (QED) is 0.548. The van der Waals surface area contributed by atoms with Crippen LogP contribution in [0.15, 0.2) is 58.9 Å². The topological polar surface area (TPSA) is 66.9 Å². The number of thioether (sulfide) groups is 1. The lowest BCUT2D eigenvalue weighted by Crippen LogP contribution is -2.28. The summed E-state index contributed by atoms with van der Waals surface area (Å²) in [6.07, 6.45) is 0. The lowest BCUT2D eigenvalue weighted by molar-refractivity contribution is -0.119. The van der Waals surface area contributed by atoms with E-state index in [0.29, 0.717) is 10.2 Å². The van der Waals surface area contributed by atoms with Gasteiger partial charge in [-0.25, -0.2) is 0 Å². The number of nitrogens with one attached hydrogen (secondary N) is 2.